The van der Waals surface area contributed by atoms with E-state index in [0.29, 0.717) is 21.7 Å². The average molecular weight is 438 g/mol. The Bertz CT molecular complexity index is 1440. The fourth-order valence-electron chi connectivity index (χ4n) is 3.62. The molecule has 5 rings (SSSR count). The lowest BCUT2D eigenvalue weighted by Gasteiger charge is -2.10. The number of carbonyl (C=O) groups is 2. The Kier molecular flexibility index (Phi) is 5.13. The molecule has 3 aromatic carbocycles. The number of fused-ring (bicyclic) bond motifs is 1. The van der Waals surface area contributed by atoms with Crippen LogP contribution in [0.2, 0.25) is 0 Å². The first-order valence-electron chi connectivity index (χ1n) is 10.2. The van der Waals surface area contributed by atoms with Crippen molar-refractivity contribution in [3.8, 4) is 11.3 Å². The predicted octanol–water partition coefficient (Wildman–Crippen LogP) is 5.85. The molecule has 5 aromatic rings. The van der Waals surface area contributed by atoms with Gasteiger partial charge in [0, 0.05) is 28.6 Å². The molecular formula is C26H19N3O2S. The summed E-state index contributed by atoms with van der Waals surface area (Å²) in [6.45, 7) is 1.90. The lowest BCUT2D eigenvalue weighted by Crippen LogP contribution is -2.15. The van der Waals surface area contributed by atoms with Gasteiger partial charge < -0.3 is 5.32 Å². The molecule has 5 nitrogen and oxygen atoms in total. The van der Waals surface area contributed by atoms with E-state index in [-0.39, 0.29) is 11.7 Å². The van der Waals surface area contributed by atoms with E-state index < -0.39 is 0 Å². The van der Waals surface area contributed by atoms with Gasteiger partial charge in [0.1, 0.15) is 4.88 Å². The van der Waals surface area contributed by atoms with Gasteiger partial charge in [0.15, 0.2) is 10.7 Å². The molecule has 32 heavy (non-hydrogen) atoms. The Morgan fingerprint density at radius 1 is 0.875 bits per heavy atom. The van der Waals surface area contributed by atoms with E-state index in [0.717, 1.165) is 21.9 Å². The highest BCUT2D eigenvalue weighted by Crippen LogP contribution is 2.28. The largest absolute Gasteiger partial charge is 0.321 e. The van der Waals surface area contributed by atoms with Crippen LogP contribution >= 0.6 is 11.3 Å². The highest BCUT2D eigenvalue weighted by molar-refractivity contribution is 7.19. The second-order valence-corrected chi connectivity index (χ2v) is 8.33. The number of rotatable bonds is 5. The highest BCUT2D eigenvalue weighted by Gasteiger charge is 2.20. The fraction of sp³-hybridized carbons (Fsp3) is 0.0385. The van der Waals surface area contributed by atoms with Crippen LogP contribution in [0.15, 0.2) is 91.1 Å². The standard InChI is InChI=1S/C26H19N3O2S/c1-17-24(32-26-28-22(16-29(17)26)18-10-4-2-5-11-18)25(31)27-21-15-9-8-14-20(21)23(30)19-12-6-3-7-13-19/h2-16H,1H3,(H,27,31). The van der Waals surface area contributed by atoms with Gasteiger partial charge in [-0.3, -0.25) is 14.0 Å². The third-order valence-corrected chi connectivity index (χ3v) is 6.44. The number of nitrogens with one attached hydrogen (secondary N) is 1. The van der Waals surface area contributed by atoms with Crippen molar-refractivity contribution in [1.29, 1.82) is 0 Å². The van der Waals surface area contributed by atoms with Gasteiger partial charge in [-0.25, -0.2) is 4.98 Å². The molecule has 0 spiro atoms. The number of hydrogen-bond acceptors (Lipinski definition) is 4. The van der Waals surface area contributed by atoms with Crippen molar-refractivity contribution in [3.63, 3.8) is 0 Å². The molecule has 1 N–H and O–H groups in total. The Hall–Kier alpha value is -4.03. The summed E-state index contributed by atoms with van der Waals surface area (Å²) in [6.07, 6.45) is 1.94. The molecule has 0 radical (unpaired) electrons. The number of aryl methyl sites for hydroxylation is 1. The smallest absolute Gasteiger partial charge is 0.267 e. The van der Waals surface area contributed by atoms with Crippen LogP contribution in [0.5, 0.6) is 0 Å². The Labute approximate surface area is 189 Å². The number of nitrogens with zero attached hydrogens (tertiary/aromatic N) is 2. The highest BCUT2D eigenvalue weighted by atomic mass is 32.1. The monoisotopic (exact) mass is 437 g/mol. The number of para-hydroxylation sites is 1. The quantitative estimate of drug-likeness (QED) is 0.351. The second kappa shape index (κ2) is 8.24. The summed E-state index contributed by atoms with van der Waals surface area (Å²) < 4.78 is 1.93. The van der Waals surface area contributed by atoms with Crippen molar-refractivity contribution in [2.45, 2.75) is 6.92 Å². The molecule has 0 aliphatic rings. The zero-order chi connectivity index (χ0) is 22.1. The van der Waals surface area contributed by atoms with Crippen molar-refractivity contribution in [1.82, 2.24) is 9.38 Å². The molecule has 0 saturated heterocycles. The molecule has 2 aromatic heterocycles. The van der Waals surface area contributed by atoms with Crippen molar-refractivity contribution >= 4 is 33.7 Å². The van der Waals surface area contributed by atoms with E-state index in [2.05, 4.69) is 10.3 Å². The minimum absolute atomic E-state index is 0.133. The minimum Gasteiger partial charge on any atom is -0.321 e. The van der Waals surface area contributed by atoms with Crippen molar-refractivity contribution in [3.05, 3.63) is 113 Å². The van der Waals surface area contributed by atoms with Gasteiger partial charge in [-0.15, -0.1) is 0 Å². The molecule has 0 fully saturated rings. The SMILES string of the molecule is Cc1c(C(=O)Nc2ccccc2C(=O)c2ccccc2)sc2nc(-c3ccccc3)cn12. The molecule has 156 valence electrons. The summed E-state index contributed by atoms with van der Waals surface area (Å²) in [4.78, 5) is 32.1. The molecule has 0 saturated carbocycles. The number of thiazole rings is 1. The predicted molar refractivity (Wildman–Crippen MR) is 128 cm³/mol. The van der Waals surface area contributed by atoms with Gasteiger partial charge in [-0.05, 0) is 19.1 Å². The van der Waals surface area contributed by atoms with Crippen molar-refractivity contribution < 1.29 is 9.59 Å². The molecule has 2 heterocycles. The maximum Gasteiger partial charge on any atom is 0.267 e. The van der Waals surface area contributed by atoms with Crippen LogP contribution in [0.25, 0.3) is 16.2 Å². The number of imidazole rings is 1. The Morgan fingerprint density at radius 2 is 1.53 bits per heavy atom. The molecule has 0 atom stereocenters. The first kappa shape index (κ1) is 19.9. The van der Waals surface area contributed by atoms with Gasteiger partial charge in [-0.2, -0.15) is 0 Å². The van der Waals surface area contributed by atoms with E-state index >= 15 is 0 Å². The topological polar surface area (TPSA) is 63.5 Å². The molecule has 0 bridgehead atoms. The van der Waals surface area contributed by atoms with Crippen LogP contribution in [0.1, 0.15) is 31.3 Å². The zero-order valence-corrected chi connectivity index (χ0v) is 18.1. The van der Waals surface area contributed by atoms with E-state index in [1.54, 1.807) is 36.4 Å². The number of ketones is 1. The summed E-state index contributed by atoms with van der Waals surface area (Å²) >= 11 is 1.33. The molecule has 0 aliphatic heterocycles. The van der Waals surface area contributed by atoms with Gasteiger partial charge in [-0.1, -0.05) is 84.1 Å². The van der Waals surface area contributed by atoms with E-state index in [4.69, 9.17) is 0 Å². The number of amides is 1. The van der Waals surface area contributed by atoms with Crippen LogP contribution in [-0.4, -0.2) is 21.1 Å². The van der Waals surface area contributed by atoms with E-state index in [9.17, 15) is 9.59 Å². The summed E-state index contributed by atoms with van der Waals surface area (Å²) in [7, 11) is 0. The number of carbonyl (C=O) groups excluding carboxylic acids is 2. The van der Waals surface area contributed by atoms with Crippen LogP contribution in [0.3, 0.4) is 0 Å². The van der Waals surface area contributed by atoms with Crippen molar-refractivity contribution in [2.75, 3.05) is 5.32 Å². The van der Waals surface area contributed by atoms with Crippen LogP contribution < -0.4 is 5.32 Å². The maximum atomic E-state index is 13.1. The lowest BCUT2D eigenvalue weighted by atomic mass is 10.0. The van der Waals surface area contributed by atoms with E-state index in [1.165, 1.54) is 11.3 Å². The Balaban J connectivity index is 1.44. The fourth-order valence-corrected chi connectivity index (χ4v) is 4.63. The maximum absolute atomic E-state index is 13.1. The minimum atomic E-state index is -0.257. The van der Waals surface area contributed by atoms with E-state index in [1.807, 2.05) is 66.1 Å². The zero-order valence-electron chi connectivity index (χ0n) is 17.3. The van der Waals surface area contributed by atoms with Gasteiger partial charge >= 0.3 is 0 Å². The normalized spacial score (nSPS) is 10.9. The van der Waals surface area contributed by atoms with Crippen LogP contribution in [-0.2, 0) is 0 Å². The van der Waals surface area contributed by atoms with Gasteiger partial charge in [0.25, 0.3) is 5.91 Å². The Morgan fingerprint density at radius 3 is 2.25 bits per heavy atom. The molecule has 1 amide bonds. The summed E-state index contributed by atoms with van der Waals surface area (Å²) in [6, 6.07) is 26.1. The molecule has 6 heteroatoms. The van der Waals surface area contributed by atoms with Crippen molar-refractivity contribution in [2.24, 2.45) is 0 Å². The molecule has 0 aliphatic carbocycles. The number of aromatic nitrogens is 2. The number of benzene rings is 3. The summed E-state index contributed by atoms with van der Waals surface area (Å²) in [5.74, 6) is -0.390. The average Bonchev–Trinajstić information content (AvgIpc) is 3.39. The summed E-state index contributed by atoms with van der Waals surface area (Å²) in [5, 5.41) is 2.92. The first-order chi connectivity index (χ1) is 15.6. The second-order valence-electron chi connectivity index (χ2n) is 7.36. The number of anilines is 1. The van der Waals surface area contributed by atoms with Crippen LogP contribution in [0.4, 0.5) is 5.69 Å². The molecular weight excluding hydrogens is 418 g/mol. The van der Waals surface area contributed by atoms with Crippen LogP contribution in [0, 0.1) is 6.92 Å². The third-order valence-electron chi connectivity index (χ3n) is 5.29. The molecule has 0 unspecified atom stereocenters. The lowest BCUT2D eigenvalue weighted by molar-refractivity contribution is 0.102. The van der Waals surface area contributed by atoms with Gasteiger partial charge in [0.2, 0.25) is 0 Å². The first-order valence-corrected chi connectivity index (χ1v) is 11.0. The number of hydrogen-bond donors (Lipinski definition) is 1. The van der Waals surface area contributed by atoms with Gasteiger partial charge in [0.05, 0.1) is 11.4 Å². The summed E-state index contributed by atoms with van der Waals surface area (Å²) in [5.41, 5.74) is 4.23. The third kappa shape index (κ3) is 3.61.